The van der Waals surface area contributed by atoms with Gasteiger partial charge in [0.25, 0.3) is 0 Å². The summed E-state index contributed by atoms with van der Waals surface area (Å²) >= 11 is 0. The van der Waals surface area contributed by atoms with Gasteiger partial charge in [-0.05, 0) is 6.42 Å². The van der Waals surface area contributed by atoms with Crippen LogP contribution in [0.15, 0.2) is 0 Å². The maximum Gasteiger partial charge on any atom is 0.306 e. The quantitative estimate of drug-likeness (QED) is 0.436. The van der Waals surface area contributed by atoms with E-state index in [4.69, 9.17) is 9.47 Å². The zero-order valence-electron chi connectivity index (χ0n) is 13.4. The number of hydrogen-bond donors (Lipinski definition) is 3. The lowest BCUT2D eigenvalue weighted by Crippen LogP contribution is -2.46. The first-order valence-corrected chi connectivity index (χ1v) is 8.37. The Balaban J connectivity index is 2.22. The molecular formula is C16H30O6. The van der Waals surface area contributed by atoms with Gasteiger partial charge >= 0.3 is 5.97 Å². The van der Waals surface area contributed by atoms with Crippen molar-refractivity contribution in [2.45, 2.75) is 82.7 Å². The number of carbonyl (C=O) groups is 1. The highest BCUT2D eigenvalue weighted by Crippen LogP contribution is 2.16. The largest absolute Gasteiger partial charge is 0.457 e. The molecular weight excluding hydrogens is 288 g/mol. The first kappa shape index (κ1) is 19.4. The van der Waals surface area contributed by atoms with Gasteiger partial charge in [0, 0.05) is 6.42 Å². The second-order valence-corrected chi connectivity index (χ2v) is 5.99. The number of hydrogen-bond acceptors (Lipinski definition) is 6. The van der Waals surface area contributed by atoms with Gasteiger partial charge < -0.3 is 24.8 Å². The Morgan fingerprint density at radius 3 is 2.27 bits per heavy atom. The highest BCUT2D eigenvalue weighted by atomic mass is 16.6. The summed E-state index contributed by atoms with van der Waals surface area (Å²) in [6, 6.07) is 0. The molecule has 1 aliphatic heterocycles. The SMILES string of the molecule is CCCCCCCCCC(=O)O[C@H]1[C@H](O)[C@H](O)COC[C@H]1O. The Morgan fingerprint density at radius 2 is 1.59 bits per heavy atom. The van der Waals surface area contributed by atoms with Crippen molar-refractivity contribution in [3.8, 4) is 0 Å². The molecule has 3 N–H and O–H groups in total. The minimum Gasteiger partial charge on any atom is -0.457 e. The molecule has 0 radical (unpaired) electrons. The molecule has 130 valence electrons. The van der Waals surface area contributed by atoms with Crippen molar-refractivity contribution in [3.05, 3.63) is 0 Å². The molecule has 1 fully saturated rings. The molecule has 1 heterocycles. The van der Waals surface area contributed by atoms with Gasteiger partial charge in [-0.2, -0.15) is 0 Å². The van der Waals surface area contributed by atoms with E-state index >= 15 is 0 Å². The van der Waals surface area contributed by atoms with Crippen LogP contribution in [0.2, 0.25) is 0 Å². The summed E-state index contributed by atoms with van der Waals surface area (Å²) in [4.78, 5) is 11.8. The van der Waals surface area contributed by atoms with Crippen LogP contribution < -0.4 is 0 Å². The Hall–Kier alpha value is -0.690. The molecule has 0 amide bonds. The zero-order chi connectivity index (χ0) is 16.4. The van der Waals surface area contributed by atoms with Gasteiger partial charge in [0.15, 0.2) is 6.10 Å². The summed E-state index contributed by atoms with van der Waals surface area (Å²) in [6.45, 7) is 2.03. The zero-order valence-corrected chi connectivity index (χ0v) is 13.4. The fraction of sp³-hybridized carbons (Fsp3) is 0.938. The van der Waals surface area contributed by atoms with Gasteiger partial charge in [0.2, 0.25) is 0 Å². The molecule has 6 heteroatoms. The average molecular weight is 318 g/mol. The van der Waals surface area contributed by atoms with Gasteiger partial charge in [-0.1, -0.05) is 45.4 Å². The van der Waals surface area contributed by atoms with Crippen molar-refractivity contribution in [2.24, 2.45) is 0 Å². The number of aliphatic hydroxyl groups excluding tert-OH is 3. The van der Waals surface area contributed by atoms with E-state index in [2.05, 4.69) is 6.92 Å². The molecule has 0 aliphatic carbocycles. The second-order valence-electron chi connectivity index (χ2n) is 5.99. The van der Waals surface area contributed by atoms with Crippen molar-refractivity contribution in [1.82, 2.24) is 0 Å². The predicted molar refractivity (Wildman–Crippen MR) is 81.3 cm³/mol. The molecule has 6 nitrogen and oxygen atoms in total. The standard InChI is InChI=1S/C16H30O6/c1-2-3-4-5-6-7-8-9-14(19)22-16-13(18)11-21-10-12(17)15(16)20/h12-13,15-18,20H,2-11H2,1H3/t12-,13-,15-,16-/m1/s1. The summed E-state index contributed by atoms with van der Waals surface area (Å²) in [5.74, 6) is -0.453. The van der Waals surface area contributed by atoms with E-state index in [0.29, 0.717) is 0 Å². The number of unbranched alkanes of at least 4 members (excludes halogenated alkanes) is 6. The lowest BCUT2D eigenvalue weighted by atomic mass is 10.0. The van der Waals surface area contributed by atoms with Gasteiger partial charge in [0.05, 0.1) is 13.2 Å². The van der Waals surface area contributed by atoms with Gasteiger partial charge in [-0.25, -0.2) is 0 Å². The molecule has 0 saturated carbocycles. The molecule has 0 aromatic heterocycles. The van der Waals surface area contributed by atoms with Crippen LogP contribution in [-0.2, 0) is 14.3 Å². The lowest BCUT2D eigenvalue weighted by Gasteiger charge is -2.26. The third-order valence-electron chi connectivity index (χ3n) is 3.94. The lowest BCUT2D eigenvalue weighted by molar-refractivity contribution is -0.169. The van der Waals surface area contributed by atoms with Gasteiger partial charge in [0.1, 0.15) is 18.3 Å². The third kappa shape index (κ3) is 7.05. The first-order valence-electron chi connectivity index (χ1n) is 8.37. The van der Waals surface area contributed by atoms with Gasteiger partial charge in [-0.15, -0.1) is 0 Å². The third-order valence-corrected chi connectivity index (χ3v) is 3.94. The Morgan fingerprint density at radius 1 is 1.00 bits per heavy atom. The maximum atomic E-state index is 11.8. The van der Waals surface area contributed by atoms with Gasteiger partial charge in [-0.3, -0.25) is 4.79 Å². The number of rotatable bonds is 9. The average Bonchev–Trinajstić information content (AvgIpc) is 2.60. The monoisotopic (exact) mass is 318 g/mol. The van der Waals surface area contributed by atoms with Crippen molar-refractivity contribution in [2.75, 3.05) is 13.2 Å². The number of aliphatic hydroxyl groups is 3. The molecule has 0 bridgehead atoms. The molecule has 0 aromatic carbocycles. The van der Waals surface area contributed by atoms with Crippen LogP contribution in [0.3, 0.4) is 0 Å². The van der Waals surface area contributed by atoms with Crippen LogP contribution in [-0.4, -0.2) is 58.9 Å². The molecule has 1 saturated heterocycles. The van der Waals surface area contributed by atoms with E-state index in [0.717, 1.165) is 19.3 Å². The van der Waals surface area contributed by atoms with Crippen LogP contribution in [0.25, 0.3) is 0 Å². The van der Waals surface area contributed by atoms with Crippen LogP contribution in [0, 0.1) is 0 Å². The maximum absolute atomic E-state index is 11.8. The topological polar surface area (TPSA) is 96.2 Å². The molecule has 0 aromatic rings. The molecule has 22 heavy (non-hydrogen) atoms. The summed E-state index contributed by atoms with van der Waals surface area (Å²) in [5, 5.41) is 29.3. The summed E-state index contributed by atoms with van der Waals surface area (Å²) in [5.41, 5.74) is 0. The van der Waals surface area contributed by atoms with Crippen molar-refractivity contribution >= 4 is 5.97 Å². The van der Waals surface area contributed by atoms with E-state index in [9.17, 15) is 20.1 Å². The summed E-state index contributed by atoms with van der Waals surface area (Å²) < 4.78 is 10.1. The van der Waals surface area contributed by atoms with Crippen LogP contribution in [0.5, 0.6) is 0 Å². The highest BCUT2D eigenvalue weighted by molar-refractivity contribution is 5.69. The minimum absolute atomic E-state index is 0.0660. The molecule has 1 rings (SSSR count). The molecule has 0 spiro atoms. The Kier molecular flexibility index (Phi) is 9.63. The normalized spacial score (nSPS) is 29.1. The molecule has 4 atom stereocenters. The Labute approximate surface area is 132 Å². The van der Waals surface area contributed by atoms with E-state index in [1.807, 2.05) is 0 Å². The van der Waals surface area contributed by atoms with E-state index in [1.54, 1.807) is 0 Å². The number of ether oxygens (including phenoxy) is 2. The second kappa shape index (κ2) is 10.9. The van der Waals surface area contributed by atoms with Crippen LogP contribution in [0.4, 0.5) is 0 Å². The van der Waals surface area contributed by atoms with E-state index in [-0.39, 0.29) is 19.6 Å². The predicted octanol–water partition coefficient (Wildman–Crippen LogP) is 1.15. The highest BCUT2D eigenvalue weighted by Gasteiger charge is 2.38. The summed E-state index contributed by atoms with van der Waals surface area (Å²) in [6.07, 6.45) is 3.24. The first-order chi connectivity index (χ1) is 10.6. The smallest absolute Gasteiger partial charge is 0.306 e. The van der Waals surface area contributed by atoms with Crippen molar-refractivity contribution < 1.29 is 29.6 Å². The van der Waals surface area contributed by atoms with Crippen molar-refractivity contribution in [1.29, 1.82) is 0 Å². The molecule has 1 aliphatic rings. The summed E-state index contributed by atoms with van der Waals surface area (Å²) in [7, 11) is 0. The van der Waals surface area contributed by atoms with Crippen molar-refractivity contribution in [3.63, 3.8) is 0 Å². The Bertz CT molecular complexity index is 309. The van der Waals surface area contributed by atoms with E-state index < -0.39 is 30.4 Å². The molecule has 0 unspecified atom stereocenters. The fourth-order valence-corrected chi connectivity index (χ4v) is 2.53. The van der Waals surface area contributed by atoms with Crippen LogP contribution >= 0.6 is 0 Å². The fourth-order valence-electron chi connectivity index (χ4n) is 2.53. The number of esters is 1. The minimum atomic E-state index is -1.32. The van der Waals surface area contributed by atoms with Crippen LogP contribution in [0.1, 0.15) is 58.3 Å². The van der Waals surface area contributed by atoms with E-state index in [1.165, 1.54) is 25.7 Å². The number of carbonyl (C=O) groups excluding carboxylic acids is 1.